The van der Waals surface area contributed by atoms with Crippen LogP contribution in [0.5, 0.6) is 0 Å². The minimum atomic E-state index is -0.324. The summed E-state index contributed by atoms with van der Waals surface area (Å²) >= 11 is 1.64. The minimum Gasteiger partial charge on any atom is -0.356 e. The van der Waals surface area contributed by atoms with Gasteiger partial charge < -0.3 is 10.2 Å². The lowest BCUT2D eigenvalue weighted by atomic mass is 9.96. The quantitative estimate of drug-likeness (QED) is 0.741. The number of rotatable bonds is 7. The first kappa shape index (κ1) is 19.5. The number of aryl methyl sites for hydroxylation is 2. The highest BCUT2D eigenvalue weighted by atomic mass is 32.1. The van der Waals surface area contributed by atoms with Gasteiger partial charge in [-0.15, -0.1) is 11.3 Å². The summed E-state index contributed by atoms with van der Waals surface area (Å²) in [6, 6.07) is 6.44. The van der Waals surface area contributed by atoms with Crippen molar-refractivity contribution in [3.8, 4) is 0 Å². The number of benzene rings is 1. The Morgan fingerprint density at radius 3 is 2.96 bits per heavy atom. The van der Waals surface area contributed by atoms with Gasteiger partial charge in [0.2, 0.25) is 11.8 Å². The van der Waals surface area contributed by atoms with Gasteiger partial charge in [0.05, 0.1) is 17.1 Å². The van der Waals surface area contributed by atoms with Crippen LogP contribution in [0.3, 0.4) is 0 Å². The summed E-state index contributed by atoms with van der Waals surface area (Å²) in [4.78, 5) is 31.7. The van der Waals surface area contributed by atoms with E-state index in [1.807, 2.05) is 12.4 Å². The van der Waals surface area contributed by atoms with Gasteiger partial charge >= 0.3 is 0 Å². The molecule has 1 aliphatic rings. The Morgan fingerprint density at radius 1 is 1.41 bits per heavy atom. The third-order valence-electron chi connectivity index (χ3n) is 4.91. The van der Waals surface area contributed by atoms with E-state index in [2.05, 4.69) is 10.3 Å². The second-order valence-electron chi connectivity index (χ2n) is 6.86. The SMILES string of the molecule is Cc1ncsc1CCCNC(=O)C1CCC(=O)N(Cc2ccccc2F)C1. The fraction of sp³-hybridized carbons (Fsp3) is 0.450. The maximum Gasteiger partial charge on any atom is 0.224 e. The smallest absolute Gasteiger partial charge is 0.224 e. The molecule has 144 valence electrons. The number of aromatic nitrogens is 1. The molecule has 1 unspecified atom stereocenters. The first-order chi connectivity index (χ1) is 13.0. The molecule has 0 aliphatic carbocycles. The largest absolute Gasteiger partial charge is 0.356 e. The Hall–Kier alpha value is -2.28. The van der Waals surface area contributed by atoms with Gasteiger partial charge in [-0.05, 0) is 32.3 Å². The number of thiazole rings is 1. The van der Waals surface area contributed by atoms with Gasteiger partial charge in [-0.3, -0.25) is 9.59 Å². The fourth-order valence-electron chi connectivity index (χ4n) is 3.28. The number of hydrogen-bond acceptors (Lipinski definition) is 4. The normalized spacial score (nSPS) is 17.2. The standard InChI is InChI=1S/C20H24FN3O2S/c1-14-18(27-13-23-14)7-4-10-22-20(26)16-8-9-19(25)24(12-16)11-15-5-2-3-6-17(15)21/h2-3,5-6,13,16H,4,7-12H2,1H3,(H,22,26). The number of carbonyl (C=O) groups excluding carboxylic acids is 2. The summed E-state index contributed by atoms with van der Waals surface area (Å²) in [6.07, 6.45) is 2.64. The minimum absolute atomic E-state index is 0.0250. The van der Waals surface area contributed by atoms with Gasteiger partial charge in [0.1, 0.15) is 5.82 Å². The monoisotopic (exact) mass is 389 g/mol. The molecule has 0 radical (unpaired) electrons. The highest BCUT2D eigenvalue weighted by Crippen LogP contribution is 2.21. The lowest BCUT2D eigenvalue weighted by Crippen LogP contribution is -2.45. The van der Waals surface area contributed by atoms with Crippen molar-refractivity contribution in [1.82, 2.24) is 15.2 Å². The molecule has 1 aromatic heterocycles. The van der Waals surface area contributed by atoms with E-state index in [-0.39, 0.29) is 30.1 Å². The summed E-state index contributed by atoms with van der Waals surface area (Å²) < 4.78 is 13.9. The van der Waals surface area contributed by atoms with Gasteiger partial charge in [0.15, 0.2) is 0 Å². The van der Waals surface area contributed by atoms with Crippen molar-refractivity contribution >= 4 is 23.2 Å². The topological polar surface area (TPSA) is 62.3 Å². The fourth-order valence-corrected chi connectivity index (χ4v) is 4.11. The highest BCUT2D eigenvalue weighted by Gasteiger charge is 2.30. The van der Waals surface area contributed by atoms with E-state index < -0.39 is 0 Å². The lowest BCUT2D eigenvalue weighted by Gasteiger charge is -2.32. The first-order valence-corrected chi connectivity index (χ1v) is 10.1. The summed E-state index contributed by atoms with van der Waals surface area (Å²) in [6.45, 7) is 3.15. The molecular weight excluding hydrogens is 365 g/mol. The Kier molecular flexibility index (Phi) is 6.55. The van der Waals surface area contributed by atoms with Crippen molar-refractivity contribution in [3.63, 3.8) is 0 Å². The molecule has 7 heteroatoms. The zero-order valence-corrected chi connectivity index (χ0v) is 16.2. The molecule has 0 bridgehead atoms. The van der Waals surface area contributed by atoms with E-state index in [0.29, 0.717) is 31.5 Å². The number of nitrogens with one attached hydrogen (secondary N) is 1. The van der Waals surface area contributed by atoms with Crippen LogP contribution in [-0.4, -0.2) is 34.8 Å². The molecule has 0 saturated carbocycles. The van der Waals surface area contributed by atoms with E-state index in [4.69, 9.17) is 0 Å². The van der Waals surface area contributed by atoms with Gasteiger partial charge in [0, 0.05) is 36.5 Å². The van der Waals surface area contributed by atoms with E-state index in [1.54, 1.807) is 34.4 Å². The van der Waals surface area contributed by atoms with Crippen molar-refractivity contribution in [2.45, 2.75) is 39.2 Å². The molecule has 2 amide bonds. The third kappa shape index (κ3) is 5.13. The summed E-state index contributed by atoms with van der Waals surface area (Å²) in [7, 11) is 0. The second kappa shape index (κ2) is 9.08. The lowest BCUT2D eigenvalue weighted by molar-refractivity contribution is -0.138. The van der Waals surface area contributed by atoms with Crippen molar-refractivity contribution in [2.24, 2.45) is 5.92 Å². The molecule has 1 N–H and O–H groups in total. The molecule has 0 spiro atoms. The second-order valence-corrected chi connectivity index (χ2v) is 7.80. The van der Waals surface area contributed by atoms with Crippen LogP contribution in [0.2, 0.25) is 0 Å². The summed E-state index contributed by atoms with van der Waals surface area (Å²) in [5.41, 5.74) is 3.37. The predicted molar refractivity (Wildman–Crippen MR) is 103 cm³/mol. The Morgan fingerprint density at radius 2 is 2.22 bits per heavy atom. The number of nitrogens with zero attached hydrogens (tertiary/aromatic N) is 2. The molecule has 2 aromatic rings. The average molecular weight is 389 g/mol. The van der Waals surface area contributed by atoms with Crippen LogP contribution in [0.1, 0.15) is 35.4 Å². The van der Waals surface area contributed by atoms with Crippen LogP contribution >= 0.6 is 11.3 Å². The van der Waals surface area contributed by atoms with E-state index >= 15 is 0 Å². The van der Waals surface area contributed by atoms with E-state index in [1.165, 1.54) is 10.9 Å². The number of halogens is 1. The van der Waals surface area contributed by atoms with Gasteiger partial charge in [0.25, 0.3) is 0 Å². The third-order valence-corrected chi connectivity index (χ3v) is 5.91. The maximum absolute atomic E-state index is 13.9. The molecule has 5 nitrogen and oxygen atoms in total. The van der Waals surface area contributed by atoms with Gasteiger partial charge in [-0.25, -0.2) is 9.37 Å². The van der Waals surface area contributed by atoms with Crippen LogP contribution in [-0.2, 0) is 22.6 Å². The number of hydrogen-bond donors (Lipinski definition) is 1. The van der Waals surface area contributed by atoms with Crippen molar-refractivity contribution in [2.75, 3.05) is 13.1 Å². The summed E-state index contributed by atoms with van der Waals surface area (Å²) in [5, 5.41) is 2.98. The van der Waals surface area contributed by atoms with Crippen LogP contribution < -0.4 is 5.32 Å². The van der Waals surface area contributed by atoms with Crippen LogP contribution in [0.15, 0.2) is 29.8 Å². The van der Waals surface area contributed by atoms with Crippen molar-refractivity contribution in [3.05, 3.63) is 51.7 Å². The maximum atomic E-state index is 13.9. The molecule has 27 heavy (non-hydrogen) atoms. The highest BCUT2D eigenvalue weighted by molar-refractivity contribution is 7.09. The molecule has 1 aromatic carbocycles. The zero-order chi connectivity index (χ0) is 19.2. The van der Waals surface area contributed by atoms with Gasteiger partial charge in [-0.1, -0.05) is 18.2 Å². The Bertz CT molecular complexity index is 808. The van der Waals surface area contributed by atoms with E-state index in [9.17, 15) is 14.0 Å². The summed E-state index contributed by atoms with van der Waals surface area (Å²) in [5.74, 6) is -0.611. The Labute approximate surface area is 162 Å². The zero-order valence-electron chi connectivity index (χ0n) is 15.4. The molecular formula is C20H24FN3O2S. The van der Waals surface area contributed by atoms with Crippen molar-refractivity contribution < 1.29 is 14.0 Å². The Balaban J connectivity index is 1.48. The molecule has 2 heterocycles. The van der Waals surface area contributed by atoms with Crippen LogP contribution in [0.4, 0.5) is 4.39 Å². The average Bonchev–Trinajstić information content (AvgIpc) is 3.07. The van der Waals surface area contributed by atoms with Gasteiger partial charge in [-0.2, -0.15) is 0 Å². The number of piperidine rings is 1. The molecule has 3 rings (SSSR count). The molecule has 1 fully saturated rings. The predicted octanol–water partition coefficient (Wildman–Crippen LogP) is 3.08. The molecule has 1 atom stereocenters. The number of carbonyl (C=O) groups is 2. The molecule has 1 saturated heterocycles. The van der Waals surface area contributed by atoms with E-state index in [0.717, 1.165) is 18.5 Å². The first-order valence-electron chi connectivity index (χ1n) is 9.22. The van der Waals surface area contributed by atoms with Crippen LogP contribution in [0, 0.1) is 18.7 Å². The number of amides is 2. The molecule has 1 aliphatic heterocycles. The number of likely N-dealkylation sites (tertiary alicyclic amines) is 1. The van der Waals surface area contributed by atoms with Crippen molar-refractivity contribution in [1.29, 1.82) is 0 Å². The van der Waals surface area contributed by atoms with Crippen LogP contribution in [0.25, 0.3) is 0 Å².